The summed E-state index contributed by atoms with van der Waals surface area (Å²) in [6.45, 7) is 3.12. The van der Waals surface area contributed by atoms with Crippen molar-refractivity contribution in [3.63, 3.8) is 0 Å². The van der Waals surface area contributed by atoms with Crippen LogP contribution in [0.2, 0.25) is 5.02 Å². The van der Waals surface area contributed by atoms with Gasteiger partial charge in [0.1, 0.15) is 5.56 Å². The van der Waals surface area contributed by atoms with E-state index in [1.807, 2.05) is 29.2 Å². The highest BCUT2D eigenvalue weighted by Crippen LogP contribution is 2.50. The average molecular weight is 388 g/mol. The first-order valence-electron chi connectivity index (χ1n) is 9.25. The number of carbonyl (C=O) groups excluding carboxylic acids is 1. The molecule has 0 spiro atoms. The monoisotopic (exact) mass is 387 g/mol. The number of hydrogen-bond donors (Lipinski definition) is 1. The molecule has 2 aromatic rings. The highest BCUT2D eigenvalue weighted by molar-refractivity contribution is 6.30. The van der Waals surface area contributed by atoms with Crippen LogP contribution >= 0.6 is 11.6 Å². The highest BCUT2D eigenvalue weighted by Gasteiger charge is 2.53. The van der Waals surface area contributed by atoms with Gasteiger partial charge < -0.3 is 10.0 Å². The smallest absolute Gasteiger partial charge is 0.339 e. The number of benzene rings is 1. The lowest BCUT2D eigenvalue weighted by Gasteiger charge is -2.35. The molecule has 27 heavy (non-hydrogen) atoms. The lowest BCUT2D eigenvalue weighted by atomic mass is 9.93. The third-order valence-corrected chi connectivity index (χ3v) is 6.18. The van der Waals surface area contributed by atoms with Gasteiger partial charge in [-0.3, -0.25) is 9.48 Å². The van der Waals surface area contributed by atoms with Gasteiger partial charge in [-0.2, -0.15) is 5.10 Å². The Hall–Kier alpha value is -2.34. The molecule has 1 aliphatic carbocycles. The van der Waals surface area contributed by atoms with Gasteiger partial charge in [-0.05, 0) is 50.3 Å². The number of nitrogens with zero attached hydrogens (tertiary/aromatic N) is 3. The van der Waals surface area contributed by atoms with Gasteiger partial charge in [-0.15, -0.1) is 0 Å². The third kappa shape index (κ3) is 3.12. The number of likely N-dealkylation sites (tertiary alicyclic amines) is 1. The zero-order valence-corrected chi connectivity index (χ0v) is 15.9. The Morgan fingerprint density at radius 3 is 2.33 bits per heavy atom. The van der Waals surface area contributed by atoms with Crippen LogP contribution in [0.5, 0.6) is 0 Å². The van der Waals surface area contributed by atoms with Crippen molar-refractivity contribution in [2.45, 2.75) is 44.1 Å². The fourth-order valence-electron chi connectivity index (χ4n) is 4.14. The average Bonchev–Trinajstić information content (AvgIpc) is 3.38. The largest absolute Gasteiger partial charge is 0.478 e. The van der Waals surface area contributed by atoms with Crippen molar-refractivity contribution in [1.29, 1.82) is 0 Å². The number of rotatable bonds is 4. The molecule has 1 amide bonds. The summed E-state index contributed by atoms with van der Waals surface area (Å²) in [6.07, 6.45) is 4.74. The SMILES string of the molecule is Cc1c(C(=O)O)cnn1C1CCN(C(=O)C2(c3ccc(Cl)cc3)CC2)CC1. The van der Waals surface area contributed by atoms with Crippen LogP contribution < -0.4 is 0 Å². The van der Waals surface area contributed by atoms with Gasteiger partial charge in [-0.1, -0.05) is 23.7 Å². The molecule has 2 heterocycles. The number of amides is 1. The van der Waals surface area contributed by atoms with E-state index in [9.17, 15) is 14.7 Å². The maximum absolute atomic E-state index is 13.2. The molecule has 1 saturated carbocycles. The van der Waals surface area contributed by atoms with E-state index in [0.717, 1.165) is 31.2 Å². The minimum atomic E-state index is -0.954. The molecule has 1 N–H and O–H groups in total. The van der Waals surface area contributed by atoms with Gasteiger partial charge in [0.25, 0.3) is 0 Å². The predicted molar refractivity (Wildman–Crippen MR) is 101 cm³/mol. The first-order valence-corrected chi connectivity index (χ1v) is 9.63. The summed E-state index contributed by atoms with van der Waals surface area (Å²) in [5, 5.41) is 14.1. The van der Waals surface area contributed by atoms with E-state index in [2.05, 4.69) is 5.10 Å². The molecule has 0 unspecified atom stereocenters. The van der Waals surface area contributed by atoms with Gasteiger partial charge in [0.05, 0.1) is 23.3 Å². The van der Waals surface area contributed by atoms with Crippen LogP contribution in [0, 0.1) is 6.92 Å². The molecule has 1 aliphatic heterocycles. The number of hydrogen-bond acceptors (Lipinski definition) is 3. The molecule has 7 heteroatoms. The van der Waals surface area contributed by atoms with Gasteiger partial charge in [0.15, 0.2) is 0 Å². The maximum Gasteiger partial charge on any atom is 0.339 e. The fraction of sp³-hybridized carbons (Fsp3) is 0.450. The van der Waals surface area contributed by atoms with E-state index in [4.69, 9.17) is 11.6 Å². The van der Waals surface area contributed by atoms with Crippen molar-refractivity contribution in [2.75, 3.05) is 13.1 Å². The molecule has 0 radical (unpaired) electrons. The zero-order valence-electron chi connectivity index (χ0n) is 15.2. The standard InChI is InChI=1S/C20H22ClN3O3/c1-13-17(18(25)26)12-22-24(13)16-6-10-23(11-7-16)19(27)20(8-9-20)14-2-4-15(21)5-3-14/h2-5,12,16H,6-11H2,1H3,(H,25,26). The second kappa shape index (κ2) is 6.68. The van der Waals surface area contributed by atoms with Crippen LogP contribution in [0.1, 0.15) is 53.3 Å². The van der Waals surface area contributed by atoms with Crippen LogP contribution in [-0.4, -0.2) is 44.8 Å². The van der Waals surface area contributed by atoms with Crippen LogP contribution in [0.15, 0.2) is 30.5 Å². The van der Waals surface area contributed by atoms with E-state index >= 15 is 0 Å². The first-order chi connectivity index (χ1) is 12.9. The van der Waals surface area contributed by atoms with Gasteiger partial charge >= 0.3 is 5.97 Å². The van der Waals surface area contributed by atoms with E-state index in [0.29, 0.717) is 23.8 Å². The molecule has 142 valence electrons. The van der Waals surface area contributed by atoms with Crippen LogP contribution in [0.25, 0.3) is 0 Å². The van der Waals surface area contributed by atoms with E-state index in [1.54, 1.807) is 11.6 Å². The highest BCUT2D eigenvalue weighted by atomic mass is 35.5. The molecule has 1 aromatic carbocycles. The van der Waals surface area contributed by atoms with Crippen LogP contribution in [0.4, 0.5) is 0 Å². The zero-order chi connectivity index (χ0) is 19.2. The lowest BCUT2D eigenvalue weighted by Crippen LogP contribution is -2.44. The van der Waals surface area contributed by atoms with Crippen LogP contribution in [-0.2, 0) is 10.2 Å². The molecular formula is C20H22ClN3O3. The number of carbonyl (C=O) groups is 2. The number of carboxylic acids is 1. The molecular weight excluding hydrogens is 366 g/mol. The number of halogens is 1. The fourth-order valence-corrected chi connectivity index (χ4v) is 4.26. The molecule has 0 atom stereocenters. The summed E-state index contributed by atoms with van der Waals surface area (Å²) in [5.74, 6) is -0.753. The number of carboxylic acid groups (broad SMARTS) is 1. The summed E-state index contributed by atoms with van der Waals surface area (Å²) < 4.78 is 1.80. The maximum atomic E-state index is 13.2. The topological polar surface area (TPSA) is 75.4 Å². The quantitative estimate of drug-likeness (QED) is 0.871. The number of aromatic carboxylic acids is 1. The summed E-state index contributed by atoms with van der Waals surface area (Å²) in [5.41, 5.74) is 1.59. The minimum absolute atomic E-state index is 0.132. The summed E-state index contributed by atoms with van der Waals surface area (Å²) in [4.78, 5) is 26.3. The Labute approximate surface area is 162 Å². The Bertz CT molecular complexity index is 878. The van der Waals surface area contributed by atoms with E-state index in [1.165, 1.54) is 6.20 Å². The van der Waals surface area contributed by atoms with Crippen molar-refractivity contribution in [3.05, 3.63) is 52.3 Å². The minimum Gasteiger partial charge on any atom is -0.478 e. The molecule has 2 aliphatic rings. The Morgan fingerprint density at radius 2 is 1.81 bits per heavy atom. The van der Waals surface area contributed by atoms with Crippen molar-refractivity contribution >= 4 is 23.5 Å². The Morgan fingerprint density at radius 1 is 1.19 bits per heavy atom. The van der Waals surface area contributed by atoms with Crippen LogP contribution in [0.3, 0.4) is 0 Å². The van der Waals surface area contributed by atoms with Crippen molar-refractivity contribution < 1.29 is 14.7 Å². The Kier molecular flexibility index (Phi) is 4.46. The first kappa shape index (κ1) is 18.0. The Balaban J connectivity index is 1.44. The van der Waals surface area contributed by atoms with E-state index < -0.39 is 5.97 Å². The molecule has 6 nitrogen and oxygen atoms in total. The molecule has 4 rings (SSSR count). The number of aromatic nitrogens is 2. The van der Waals surface area contributed by atoms with E-state index in [-0.39, 0.29) is 22.9 Å². The lowest BCUT2D eigenvalue weighted by molar-refractivity contribution is -0.135. The van der Waals surface area contributed by atoms with Crippen molar-refractivity contribution in [2.24, 2.45) is 0 Å². The predicted octanol–water partition coefficient (Wildman–Crippen LogP) is 3.44. The summed E-state index contributed by atoms with van der Waals surface area (Å²) >= 11 is 5.98. The normalized spacial score (nSPS) is 19.1. The third-order valence-electron chi connectivity index (χ3n) is 5.93. The van der Waals surface area contributed by atoms with Gasteiger partial charge in [0, 0.05) is 18.1 Å². The van der Waals surface area contributed by atoms with Gasteiger partial charge in [-0.25, -0.2) is 4.79 Å². The second-order valence-corrected chi connectivity index (χ2v) is 7.94. The molecule has 2 fully saturated rings. The van der Waals surface area contributed by atoms with Crippen molar-refractivity contribution in [3.8, 4) is 0 Å². The summed E-state index contributed by atoms with van der Waals surface area (Å²) in [6, 6.07) is 7.74. The molecule has 1 aromatic heterocycles. The van der Waals surface area contributed by atoms with Gasteiger partial charge in [0.2, 0.25) is 5.91 Å². The van der Waals surface area contributed by atoms with Crippen molar-refractivity contribution in [1.82, 2.24) is 14.7 Å². The number of piperidine rings is 1. The second-order valence-electron chi connectivity index (χ2n) is 7.51. The molecule has 1 saturated heterocycles. The molecule has 0 bridgehead atoms. The summed E-state index contributed by atoms with van der Waals surface area (Å²) in [7, 11) is 0.